The highest BCUT2D eigenvalue weighted by molar-refractivity contribution is 5.78. The zero-order chi connectivity index (χ0) is 23.7. The van der Waals surface area contributed by atoms with Crippen molar-refractivity contribution in [3.8, 4) is 0 Å². The molecule has 184 valence electrons. The molecule has 1 aromatic carbocycles. The van der Waals surface area contributed by atoms with E-state index in [1.165, 1.54) is 16.7 Å². The first kappa shape index (κ1) is 22.6. The van der Waals surface area contributed by atoms with Gasteiger partial charge in [0.15, 0.2) is 5.79 Å². The Hall–Kier alpha value is -1.89. The highest BCUT2D eigenvalue weighted by Crippen LogP contribution is 2.63. The van der Waals surface area contributed by atoms with Gasteiger partial charge in [-0.25, -0.2) is 0 Å². The van der Waals surface area contributed by atoms with E-state index in [-0.39, 0.29) is 17.8 Å². The molecule has 2 saturated carbocycles. The molecule has 2 heterocycles. The minimum atomic E-state index is -0.890. The summed E-state index contributed by atoms with van der Waals surface area (Å²) in [5.74, 6) is 0.00733. The van der Waals surface area contributed by atoms with Crippen LogP contribution in [0.1, 0.15) is 63.4 Å². The largest absolute Gasteiger partial charge is 0.465 e. The number of esters is 1. The lowest BCUT2D eigenvalue weighted by atomic mass is 9.49. The number of carbonyl (C=O) groups is 1. The fourth-order valence-electron chi connectivity index (χ4n) is 7.87. The molecule has 2 unspecified atom stereocenters. The summed E-state index contributed by atoms with van der Waals surface area (Å²) >= 11 is 0. The summed E-state index contributed by atoms with van der Waals surface area (Å²) in [6.07, 6.45) is 5.34. The van der Waals surface area contributed by atoms with Gasteiger partial charge in [-0.3, -0.25) is 4.79 Å². The molecule has 0 radical (unpaired) electrons. The van der Waals surface area contributed by atoms with Gasteiger partial charge in [-0.2, -0.15) is 0 Å². The van der Waals surface area contributed by atoms with Gasteiger partial charge < -0.3 is 24.2 Å². The van der Waals surface area contributed by atoms with E-state index in [1.54, 1.807) is 0 Å². The third-order valence-electron chi connectivity index (χ3n) is 9.56. The molecule has 4 fully saturated rings. The molecule has 6 rings (SSSR count). The van der Waals surface area contributed by atoms with Crippen LogP contribution in [-0.2, 0) is 19.0 Å². The fourth-order valence-corrected chi connectivity index (χ4v) is 7.87. The summed E-state index contributed by atoms with van der Waals surface area (Å²) in [4.78, 5) is 15.2. The number of hydrogen-bond acceptors (Lipinski definition) is 6. The van der Waals surface area contributed by atoms with Crippen LogP contribution in [0.2, 0.25) is 0 Å². The summed E-state index contributed by atoms with van der Waals surface area (Å²) in [5, 5.41) is 12.0. The zero-order valence-corrected chi connectivity index (χ0v) is 20.6. The number of rotatable bonds is 2. The number of nitrogens with zero attached hydrogens (tertiary/aromatic N) is 1. The molecule has 3 aliphatic carbocycles. The Labute approximate surface area is 202 Å². The van der Waals surface area contributed by atoms with Crippen LogP contribution in [0.3, 0.4) is 0 Å². The van der Waals surface area contributed by atoms with Gasteiger partial charge in [-0.05, 0) is 74.1 Å². The number of fused-ring (bicyclic) bond motifs is 4. The molecular weight excluding hydrogens is 430 g/mol. The second kappa shape index (κ2) is 7.81. The van der Waals surface area contributed by atoms with Gasteiger partial charge in [0.25, 0.3) is 0 Å². The number of anilines is 1. The topological polar surface area (TPSA) is 68.2 Å². The summed E-state index contributed by atoms with van der Waals surface area (Å²) in [6.45, 7) is 3.84. The highest BCUT2D eigenvalue weighted by Gasteiger charge is 2.60. The molecular formula is C28H37NO5. The van der Waals surface area contributed by atoms with Crippen LogP contribution in [0.5, 0.6) is 0 Å². The predicted molar refractivity (Wildman–Crippen MR) is 128 cm³/mol. The van der Waals surface area contributed by atoms with Crippen LogP contribution in [-0.4, -0.2) is 56.4 Å². The molecule has 0 bridgehead atoms. The van der Waals surface area contributed by atoms with Gasteiger partial charge >= 0.3 is 5.97 Å². The molecule has 1 N–H and O–H groups in total. The molecule has 6 heteroatoms. The van der Waals surface area contributed by atoms with Gasteiger partial charge in [-0.1, -0.05) is 17.7 Å². The molecule has 1 spiro atoms. The average molecular weight is 468 g/mol. The summed E-state index contributed by atoms with van der Waals surface area (Å²) in [7, 11) is 4.10. The van der Waals surface area contributed by atoms with Crippen LogP contribution in [0.15, 0.2) is 35.4 Å². The molecule has 34 heavy (non-hydrogen) atoms. The van der Waals surface area contributed by atoms with Gasteiger partial charge in [0.1, 0.15) is 0 Å². The monoisotopic (exact) mass is 467 g/mol. The second-order valence-corrected chi connectivity index (χ2v) is 11.6. The smallest absolute Gasteiger partial charge is 0.312 e. The van der Waals surface area contributed by atoms with E-state index >= 15 is 0 Å². The third-order valence-corrected chi connectivity index (χ3v) is 9.56. The van der Waals surface area contributed by atoms with Crippen molar-refractivity contribution in [2.24, 2.45) is 17.3 Å². The van der Waals surface area contributed by atoms with E-state index in [4.69, 9.17) is 14.2 Å². The third kappa shape index (κ3) is 3.29. The van der Waals surface area contributed by atoms with Gasteiger partial charge in [-0.15, -0.1) is 0 Å². The van der Waals surface area contributed by atoms with Crippen LogP contribution in [0.4, 0.5) is 5.69 Å². The van der Waals surface area contributed by atoms with E-state index < -0.39 is 16.8 Å². The van der Waals surface area contributed by atoms with E-state index in [9.17, 15) is 9.90 Å². The first-order chi connectivity index (χ1) is 16.2. The lowest BCUT2D eigenvalue weighted by Gasteiger charge is -2.57. The molecule has 5 aliphatic rings. The lowest BCUT2D eigenvalue weighted by molar-refractivity contribution is -0.208. The van der Waals surface area contributed by atoms with E-state index in [2.05, 4.69) is 36.1 Å². The number of aliphatic hydroxyl groups is 1. The number of benzene rings is 1. The van der Waals surface area contributed by atoms with Crippen molar-refractivity contribution in [3.63, 3.8) is 0 Å². The van der Waals surface area contributed by atoms with Crippen LogP contribution in [0, 0.1) is 17.3 Å². The van der Waals surface area contributed by atoms with Gasteiger partial charge in [0, 0.05) is 38.5 Å². The van der Waals surface area contributed by atoms with E-state index in [0.717, 1.165) is 37.8 Å². The van der Waals surface area contributed by atoms with Crippen molar-refractivity contribution < 1.29 is 24.1 Å². The minimum Gasteiger partial charge on any atom is -0.465 e. The summed E-state index contributed by atoms with van der Waals surface area (Å²) < 4.78 is 17.7. The first-order valence-corrected chi connectivity index (χ1v) is 12.9. The zero-order valence-electron chi connectivity index (χ0n) is 20.6. The Balaban J connectivity index is 1.46. The maximum Gasteiger partial charge on any atom is 0.312 e. The van der Waals surface area contributed by atoms with Crippen molar-refractivity contribution in [3.05, 3.63) is 41.0 Å². The number of allylic oxidation sites excluding steroid dienone is 1. The summed E-state index contributed by atoms with van der Waals surface area (Å²) in [5.41, 5.74) is 3.62. The Morgan fingerprint density at radius 2 is 1.76 bits per heavy atom. The minimum absolute atomic E-state index is 0.0427. The summed E-state index contributed by atoms with van der Waals surface area (Å²) in [6, 6.07) is 8.75. The predicted octanol–water partition coefficient (Wildman–Crippen LogP) is 4.17. The van der Waals surface area contributed by atoms with E-state index in [0.29, 0.717) is 38.6 Å². The van der Waals surface area contributed by atoms with Crippen molar-refractivity contribution in [1.82, 2.24) is 0 Å². The lowest BCUT2D eigenvalue weighted by Crippen LogP contribution is -2.56. The maximum absolute atomic E-state index is 13.1. The van der Waals surface area contributed by atoms with Crippen LogP contribution in [0.25, 0.3) is 0 Å². The molecule has 6 nitrogen and oxygen atoms in total. The quantitative estimate of drug-likeness (QED) is 0.520. The number of hydrogen-bond donors (Lipinski definition) is 1. The fraction of sp³-hybridized carbons (Fsp3) is 0.679. The average Bonchev–Trinajstić information content (AvgIpc) is 3.26. The molecule has 2 saturated heterocycles. The number of cyclic esters (lactones) is 1. The highest BCUT2D eigenvalue weighted by atomic mass is 16.7. The molecule has 5 atom stereocenters. The van der Waals surface area contributed by atoms with Gasteiger partial charge in [0.2, 0.25) is 0 Å². The van der Waals surface area contributed by atoms with Crippen molar-refractivity contribution in [2.45, 2.75) is 69.2 Å². The Bertz CT molecular complexity index is 1010. The standard InChI is InChI=1S/C28H37NO5/c1-26-16-21(18-4-6-19(7-5-18)29(2)3)24-20(22(26)10-13-32-25(26)30)8-11-27(31)17-28(12-9-23(24)27)33-14-15-34-28/h4-7,20-22,31H,8-17H2,1-3H3/t20?,21-,22+,26?,27-/m1/s1. The first-order valence-electron chi connectivity index (χ1n) is 12.9. The Morgan fingerprint density at radius 3 is 2.47 bits per heavy atom. The maximum atomic E-state index is 13.1. The van der Waals surface area contributed by atoms with Crippen molar-refractivity contribution in [1.29, 1.82) is 0 Å². The van der Waals surface area contributed by atoms with Crippen molar-refractivity contribution in [2.75, 3.05) is 38.8 Å². The normalized spacial score (nSPS) is 38.7. The van der Waals surface area contributed by atoms with Gasteiger partial charge in [0.05, 0.1) is 30.8 Å². The van der Waals surface area contributed by atoms with Crippen molar-refractivity contribution >= 4 is 11.7 Å². The molecule has 2 aliphatic heterocycles. The van der Waals surface area contributed by atoms with E-state index in [1.807, 2.05) is 14.1 Å². The Kier molecular flexibility index (Phi) is 5.18. The number of carbonyl (C=O) groups excluding carboxylic acids is 1. The SMILES string of the molecule is CN(C)c1ccc([C@H]2CC3(C)C(=O)OCC[C@H]3C3CC[C@@]4(O)CC5(CCC4=C32)OCCO5)cc1. The Morgan fingerprint density at radius 1 is 1.03 bits per heavy atom. The molecule has 1 aromatic rings. The van der Waals surface area contributed by atoms with Crippen LogP contribution >= 0.6 is 0 Å². The second-order valence-electron chi connectivity index (χ2n) is 11.6. The molecule has 0 aromatic heterocycles. The number of ether oxygens (including phenoxy) is 3. The van der Waals surface area contributed by atoms with Crippen LogP contribution < -0.4 is 4.90 Å². The molecule has 0 amide bonds.